The Kier molecular flexibility index (Phi) is 6.33. The lowest BCUT2D eigenvalue weighted by Gasteiger charge is -2.31. The SMILES string of the molecule is CCn1c(CN2CCC(c3c[nH]c4ccc(OC)cc34)CC2)nc2cc(S(=O)(=O)N(C)C)ccc21. The summed E-state index contributed by atoms with van der Waals surface area (Å²) in [5.74, 6) is 2.38. The molecule has 0 unspecified atom stereocenters. The van der Waals surface area contributed by atoms with E-state index >= 15 is 0 Å². The summed E-state index contributed by atoms with van der Waals surface area (Å²) in [5, 5.41) is 1.25. The number of aromatic nitrogens is 3. The van der Waals surface area contributed by atoms with Crippen molar-refractivity contribution in [3.05, 3.63) is 54.0 Å². The minimum absolute atomic E-state index is 0.276. The molecule has 0 aliphatic carbocycles. The maximum absolute atomic E-state index is 12.6. The second kappa shape index (κ2) is 9.29. The van der Waals surface area contributed by atoms with E-state index in [1.54, 1.807) is 33.3 Å². The summed E-state index contributed by atoms with van der Waals surface area (Å²) in [7, 11) is 1.31. The zero-order chi connectivity index (χ0) is 24.7. The van der Waals surface area contributed by atoms with Gasteiger partial charge >= 0.3 is 0 Å². The van der Waals surface area contributed by atoms with E-state index in [4.69, 9.17) is 9.72 Å². The molecule has 0 atom stereocenters. The molecule has 1 aliphatic rings. The van der Waals surface area contributed by atoms with Crippen LogP contribution < -0.4 is 4.74 Å². The molecule has 9 heteroatoms. The third kappa shape index (κ3) is 4.32. The van der Waals surface area contributed by atoms with Crippen LogP contribution in [0.2, 0.25) is 0 Å². The standard InChI is InChI=1S/C26H33N5O3S/c1-5-31-25-9-7-20(35(32,33)29(2)3)15-24(25)28-26(31)17-30-12-10-18(11-13-30)22-16-27-23-8-6-19(34-4)14-21(22)23/h6-9,14-16,18,27H,5,10-13,17H2,1-4H3. The van der Waals surface area contributed by atoms with Crippen molar-refractivity contribution in [2.24, 2.45) is 0 Å². The molecule has 0 amide bonds. The molecule has 2 aromatic heterocycles. The van der Waals surface area contributed by atoms with Gasteiger partial charge in [0, 0.05) is 37.7 Å². The van der Waals surface area contributed by atoms with Crippen LogP contribution in [0, 0.1) is 0 Å². The van der Waals surface area contributed by atoms with Crippen LogP contribution in [0.4, 0.5) is 0 Å². The Bertz CT molecular complexity index is 1460. The molecule has 1 aliphatic heterocycles. The Morgan fingerprint density at radius 3 is 2.60 bits per heavy atom. The fourth-order valence-corrected chi connectivity index (χ4v) is 6.11. The van der Waals surface area contributed by atoms with Gasteiger partial charge in [-0.2, -0.15) is 0 Å². The number of fused-ring (bicyclic) bond motifs is 2. The lowest BCUT2D eigenvalue weighted by Crippen LogP contribution is -2.33. The van der Waals surface area contributed by atoms with Gasteiger partial charge in [0.05, 0.1) is 29.6 Å². The van der Waals surface area contributed by atoms with Crippen LogP contribution in [-0.4, -0.2) is 66.5 Å². The fourth-order valence-electron chi connectivity index (χ4n) is 5.19. The van der Waals surface area contributed by atoms with Crippen molar-refractivity contribution in [1.29, 1.82) is 0 Å². The minimum Gasteiger partial charge on any atom is -0.497 e. The van der Waals surface area contributed by atoms with E-state index in [9.17, 15) is 8.42 Å². The van der Waals surface area contributed by atoms with E-state index in [1.807, 2.05) is 12.1 Å². The number of ether oxygens (including phenoxy) is 1. The molecule has 0 saturated carbocycles. The zero-order valence-corrected chi connectivity index (χ0v) is 21.6. The molecule has 4 aromatic rings. The molecule has 35 heavy (non-hydrogen) atoms. The van der Waals surface area contributed by atoms with Crippen molar-refractivity contribution in [3.8, 4) is 5.75 Å². The first-order valence-electron chi connectivity index (χ1n) is 12.1. The van der Waals surface area contributed by atoms with Crippen LogP contribution in [0.3, 0.4) is 0 Å². The molecule has 3 heterocycles. The van der Waals surface area contributed by atoms with Crippen LogP contribution in [0.1, 0.15) is 37.1 Å². The van der Waals surface area contributed by atoms with Gasteiger partial charge < -0.3 is 14.3 Å². The van der Waals surface area contributed by atoms with Crippen molar-refractivity contribution in [3.63, 3.8) is 0 Å². The fraction of sp³-hybridized carbons (Fsp3) is 0.423. The molecule has 1 saturated heterocycles. The summed E-state index contributed by atoms with van der Waals surface area (Å²) in [5.41, 5.74) is 4.22. The number of aryl methyl sites for hydroxylation is 1. The number of H-pyrrole nitrogens is 1. The number of benzene rings is 2. The molecular formula is C26H33N5O3S. The zero-order valence-electron chi connectivity index (χ0n) is 20.8. The molecule has 1 fully saturated rings. The van der Waals surface area contributed by atoms with Gasteiger partial charge in [0.15, 0.2) is 0 Å². The Morgan fingerprint density at radius 2 is 1.91 bits per heavy atom. The molecule has 186 valence electrons. The van der Waals surface area contributed by atoms with Crippen molar-refractivity contribution in [1.82, 2.24) is 23.7 Å². The average Bonchev–Trinajstić information content (AvgIpc) is 3.44. The van der Waals surface area contributed by atoms with Crippen LogP contribution in [0.5, 0.6) is 5.75 Å². The highest BCUT2D eigenvalue weighted by molar-refractivity contribution is 7.89. The van der Waals surface area contributed by atoms with E-state index in [1.165, 1.54) is 15.3 Å². The number of hydrogen-bond acceptors (Lipinski definition) is 5. The second-order valence-corrected chi connectivity index (χ2v) is 11.6. The average molecular weight is 496 g/mol. The van der Waals surface area contributed by atoms with E-state index < -0.39 is 10.0 Å². The minimum atomic E-state index is -3.49. The van der Waals surface area contributed by atoms with Crippen LogP contribution >= 0.6 is 0 Å². The van der Waals surface area contributed by atoms with Gasteiger partial charge in [-0.15, -0.1) is 0 Å². The Balaban J connectivity index is 1.33. The highest BCUT2D eigenvalue weighted by Gasteiger charge is 2.25. The molecule has 8 nitrogen and oxygen atoms in total. The lowest BCUT2D eigenvalue weighted by molar-refractivity contribution is 0.198. The number of aromatic amines is 1. The number of methoxy groups -OCH3 is 1. The molecule has 1 N–H and O–H groups in total. The van der Waals surface area contributed by atoms with E-state index in [2.05, 4.69) is 39.7 Å². The van der Waals surface area contributed by atoms with Gasteiger partial charge in [-0.05, 0) is 80.7 Å². The predicted octanol–water partition coefficient (Wildman–Crippen LogP) is 4.18. The van der Waals surface area contributed by atoms with Gasteiger partial charge in [-0.1, -0.05) is 0 Å². The molecular weight excluding hydrogens is 462 g/mol. The van der Waals surface area contributed by atoms with Crippen LogP contribution in [0.25, 0.3) is 21.9 Å². The smallest absolute Gasteiger partial charge is 0.242 e. The first-order valence-corrected chi connectivity index (χ1v) is 13.5. The molecule has 2 aromatic carbocycles. The lowest BCUT2D eigenvalue weighted by atomic mass is 9.89. The van der Waals surface area contributed by atoms with Crippen LogP contribution in [0.15, 0.2) is 47.5 Å². The first kappa shape index (κ1) is 23.8. The maximum Gasteiger partial charge on any atom is 0.242 e. The summed E-state index contributed by atoms with van der Waals surface area (Å²) in [6, 6.07) is 11.4. The van der Waals surface area contributed by atoms with Gasteiger partial charge in [0.1, 0.15) is 11.6 Å². The highest BCUT2D eigenvalue weighted by Crippen LogP contribution is 2.35. The quantitative estimate of drug-likeness (QED) is 0.416. The number of likely N-dealkylation sites (tertiary alicyclic amines) is 1. The molecule has 5 rings (SSSR count). The van der Waals surface area contributed by atoms with Crippen molar-refractivity contribution >= 4 is 32.0 Å². The summed E-state index contributed by atoms with van der Waals surface area (Å²) in [4.78, 5) is 11.0. The van der Waals surface area contributed by atoms with E-state index in [-0.39, 0.29) is 4.90 Å². The monoisotopic (exact) mass is 495 g/mol. The van der Waals surface area contributed by atoms with Gasteiger partial charge in [0.25, 0.3) is 0 Å². The predicted molar refractivity (Wildman–Crippen MR) is 138 cm³/mol. The Hall–Kier alpha value is -2.88. The summed E-state index contributed by atoms with van der Waals surface area (Å²) in [6.07, 6.45) is 4.32. The molecule has 0 radical (unpaired) electrons. The summed E-state index contributed by atoms with van der Waals surface area (Å²) < 4.78 is 34.0. The number of hydrogen-bond donors (Lipinski definition) is 1. The Labute approximate surface area is 206 Å². The van der Waals surface area contributed by atoms with Gasteiger partial charge in [-0.25, -0.2) is 17.7 Å². The van der Waals surface area contributed by atoms with Gasteiger partial charge in [0.2, 0.25) is 10.0 Å². The number of imidazole rings is 1. The van der Waals surface area contributed by atoms with Crippen LogP contribution in [-0.2, 0) is 23.1 Å². The third-order valence-corrected chi connectivity index (χ3v) is 9.02. The number of sulfonamides is 1. The van der Waals surface area contributed by atoms with Crippen molar-refractivity contribution < 1.29 is 13.2 Å². The largest absolute Gasteiger partial charge is 0.497 e. The number of nitrogens with zero attached hydrogens (tertiary/aromatic N) is 4. The third-order valence-electron chi connectivity index (χ3n) is 7.21. The second-order valence-electron chi connectivity index (χ2n) is 9.42. The highest BCUT2D eigenvalue weighted by atomic mass is 32.2. The summed E-state index contributed by atoms with van der Waals surface area (Å²) >= 11 is 0. The number of piperidine rings is 1. The van der Waals surface area contributed by atoms with Crippen molar-refractivity contribution in [2.45, 2.75) is 43.7 Å². The molecule has 0 spiro atoms. The normalized spacial score (nSPS) is 16.0. The number of nitrogens with one attached hydrogen (secondary N) is 1. The topological polar surface area (TPSA) is 83.5 Å². The number of rotatable bonds is 7. The van der Waals surface area contributed by atoms with Gasteiger partial charge in [-0.3, -0.25) is 4.90 Å². The maximum atomic E-state index is 12.6. The van der Waals surface area contributed by atoms with Crippen molar-refractivity contribution in [2.75, 3.05) is 34.3 Å². The van der Waals surface area contributed by atoms with E-state index in [0.29, 0.717) is 5.92 Å². The first-order chi connectivity index (χ1) is 16.8. The molecule has 0 bridgehead atoms. The Morgan fingerprint density at radius 1 is 1.14 bits per heavy atom. The summed E-state index contributed by atoms with van der Waals surface area (Å²) in [6.45, 7) is 5.64. The van der Waals surface area contributed by atoms with E-state index in [0.717, 1.165) is 67.1 Å².